The first kappa shape index (κ1) is 22.1. The summed E-state index contributed by atoms with van der Waals surface area (Å²) >= 11 is 0.884. The van der Waals surface area contributed by atoms with Gasteiger partial charge in [-0.05, 0) is 48.9 Å². The number of fused-ring (bicyclic) bond motifs is 1. The van der Waals surface area contributed by atoms with Gasteiger partial charge in [0.1, 0.15) is 5.00 Å². The molecule has 0 spiro atoms. The van der Waals surface area contributed by atoms with Crippen molar-refractivity contribution < 1.29 is 35.9 Å². The number of alkyl halides is 6. The van der Waals surface area contributed by atoms with Crippen LogP contribution in [0.25, 0.3) is 0 Å². The molecule has 3 rings (SSSR count). The molecule has 0 bridgehead atoms. The Morgan fingerprint density at radius 2 is 1.80 bits per heavy atom. The Bertz CT molecular complexity index is 980. The lowest BCUT2D eigenvalue weighted by molar-refractivity contribution is -0.167. The fourth-order valence-electron chi connectivity index (χ4n) is 3.37. The number of carbonyl (C=O) groups is 2. The van der Waals surface area contributed by atoms with Crippen molar-refractivity contribution in [2.75, 3.05) is 10.6 Å². The molecule has 2 amide bonds. The van der Waals surface area contributed by atoms with Crippen LogP contribution in [0.2, 0.25) is 0 Å². The lowest BCUT2D eigenvalue weighted by atomic mass is 9.86. The summed E-state index contributed by atoms with van der Waals surface area (Å²) in [6, 6.07) is 3.91. The first-order valence-electron chi connectivity index (χ1n) is 8.90. The van der Waals surface area contributed by atoms with Gasteiger partial charge in [0.15, 0.2) is 0 Å². The lowest BCUT2D eigenvalue weighted by Gasteiger charge is -2.20. The van der Waals surface area contributed by atoms with Crippen LogP contribution in [-0.2, 0) is 17.4 Å². The molecule has 1 aromatic carbocycles. The van der Waals surface area contributed by atoms with Gasteiger partial charge in [-0.1, -0.05) is 13.0 Å². The predicted molar refractivity (Wildman–Crippen MR) is 99.8 cm³/mol. The van der Waals surface area contributed by atoms with E-state index in [1.807, 2.05) is 0 Å². The van der Waals surface area contributed by atoms with Gasteiger partial charge in [-0.15, -0.1) is 11.3 Å². The number of aryl methyl sites for hydroxylation is 1. The van der Waals surface area contributed by atoms with Gasteiger partial charge in [-0.2, -0.15) is 26.3 Å². The van der Waals surface area contributed by atoms with Crippen LogP contribution in [-0.4, -0.2) is 18.0 Å². The molecule has 162 valence electrons. The highest BCUT2D eigenvalue weighted by Crippen LogP contribution is 2.44. The zero-order valence-electron chi connectivity index (χ0n) is 15.5. The minimum absolute atomic E-state index is 0.141. The number of hydrogen-bond acceptors (Lipinski definition) is 3. The van der Waals surface area contributed by atoms with Crippen LogP contribution < -0.4 is 10.6 Å². The van der Waals surface area contributed by atoms with Crippen LogP contribution in [0.1, 0.15) is 52.0 Å². The van der Waals surface area contributed by atoms with Crippen molar-refractivity contribution in [3.63, 3.8) is 0 Å². The summed E-state index contributed by atoms with van der Waals surface area (Å²) in [5.41, 5.74) is -0.761. The minimum Gasteiger partial charge on any atom is -0.322 e. The van der Waals surface area contributed by atoms with Crippen LogP contribution in [0.5, 0.6) is 0 Å². The second-order valence-electron chi connectivity index (χ2n) is 6.92. The third-order valence-electron chi connectivity index (χ3n) is 4.72. The van der Waals surface area contributed by atoms with E-state index < -0.39 is 29.7 Å². The van der Waals surface area contributed by atoms with Crippen molar-refractivity contribution in [2.45, 2.75) is 44.5 Å². The molecule has 1 unspecified atom stereocenters. The zero-order valence-corrected chi connectivity index (χ0v) is 16.3. The van der Waals surface area contributed by atoms with Gasteiger partial charge in [0.25, 0.3) is 5.91 Å². The highest BCUT2D eigenvalue weighted by atomic mass is 32.1. The van der Waals surface area contributed by atoms with Gasteiger partial charge in [0.05, 0.1) is 11.1 Å². The lowest BCUT2D eigenvalue weighted by Crippen LogP contribution is -2.30. The highest BCUT2D eigenvalue weighted by molar-refractivity contribution is 7.17. The zero-order chi connectivity index (χ0) is 22.3. The summed E-state index contributed by atoms with van der Waals surface area (Å²) in [4.78, 5) is 25.0. The molecule has 0 saturated heterocycles. The fraction of sp³-hybridized carbons (Fsp3) is 0.368. The van der Waals surface area contributed by atoms with E-state index in [-0.39, 0.29) is 22.2 Å². The Morgan fingerprint density at radius 3 is 2.43 bits per heavy atom. The maximum Gasteiger partial charge on any atom is 0.471 e. The summed E-state index contributed by atoms with van der Waals surface area (Å²) < 4.78 is 76.9. The molecule has 0 aliphatic heterocycles. The molecule has 1 aliphatic rings. The van der Waals surface area contributed by atoms with Gasteiger partial charge in [-0.3, -0.25) is 9.59 Å². The molecule has 0 radical (unpaired) electrons. The summed E-state index contributed by atoms with van der Waals surface area (Å²) in [6.45, 7) is 1.81. The third-order valence-corrected chi connectivity index (χ3v) is 5.90. The van der Waals surface area contributed by atoms with Crippen molar-refractivity contribution in [1.82, 2.24) is 0 Å². The van der Waals surface area contributed by atoms with Crippen LogP contribution in [0.3, 0.4) is 0 Å². The van der Waals surface area contributed by atoms with E-state index in [0.717, 1.165) is 36.0 Å². The quantitative estimate of drug-likeness (QED) is 0.567. The standard InChI is InChI=1S/C19H16F6N2O2S/c1-9-4-2-7-12-13(9)14(16(30-12)27-17(29)19(23,24)25)15(28)26-11-6-3-5-10(8-11)18(20,21)22/h3,5-6,8-9H,2,4,7H2,1H3,(H,26,28)(H,27,29). The van der Waals surface area contributed by atoms with Crippen LogP contribution in [0.4, 0.5) is 37.0 Å². The maximum atomic E-state index is 12.9. The monoisotopic (exact) mass is 450 g/mol. The van der Waals surface area contributed by atoms with Gasteiger partial charge >= 0.3 is 18.3 Å². The molecule has 1 atom stereocenters. The summed E-state index contributed by atoms with van der Waals surface area (Å²) in [5, 5.41) is 3.80. The molecule has 1 aliphatic carbocycles. The first-order valence-corrected chi connectivity index (χ1v) is 9.72. The van der Waals surface area contributed by atoms with E-state index in [1.165, 1.54) is 6.07 Å². The van der Waals surface area contributed by atoms with Crippen molar-refractivity contribution in [1.29, 1.82) is 0 Å². The number of amides is 2. The summed E-state index contributed by atoms with van der Waals surface area (Å²) in [6.07, 6.45) is -7.76. The molecular weight excluding hydrogens is 434 g/mol. The number of thiophene rings is 1. The van der Waals surface area contributed by atoms with Crippen molar-refractivity contribution in [3.8, 4) is 0 Å². The minimum atomic E-state index is -5.15. The Morgan fingerprint density at radius 1 is 1.10 bits per heavy atom. The molecule has 2 aromatic rings. The number of halogens is 6. The average molecular weight is 450 g/mol. The number of carbonyl (C=O) groups excluding carboxylic acids is 2. The second kappa shape index (κ2) is 7.93. The predicted octanol–water partition coefficient (Wildman–Crippen LogP) is 5.96. The van der Waals surface area contributed by atoms with E-state index in [0.29, 0.717) is 23.3 Å². The number of hydrogen-bond donors (Lipinski definition) is 2. The first-order chi connectivity index (χ1) is 13.9. The van der Waals surface area contributed by atoms with Crippen LogP contribution in [0.15, 0.2) is 24.3 Å². The molecule has 0 fully saturated rings. The van der Waals surface area contributed by atoms with Crippen molar-refractivity contribution >= 4 is 33.8 Å². The molecule has 30 heavy (non-hydrogen) atoms. The van der Waals surface area contributed by atoms with Gasteiger partial charge in [0.2, 0.25) is 0 Å². The second-order valence-corrected chi connectivity index (χ2v) is 8.03. The highest BCUT2D eigenvalue weighted by Gasteiger charge is 2.40. The Labute approximate surface area is 171 Å². The molecule has 0 saturated carbocycles. The number of rotatable bonds is 3. The largest absolute Gasteiger partial charge is 0.471 e. The number of nitrogens with one attached hydrogen (secondary N) is 2. The Hall–Kier alpha value is -2.56. The van der Waals surface area contributed by atoms with E-state index in [1.54, 1.807) is 12.2 Å². The van der Waals surface area contributed by atoms with E-state index in [2.05, 4.69) is 5.32 Å². The smallest absolute Gasteiger partial charge is 0.322 e. The normalized spacial score (nSPS) is 16.7. The fourth-order valence-corrected chi connectivity index (χ4v) is 4.72. The van der Waals surface area contributed by atoms with Gasteiger partial charge in [0, 0.05) is 10.6 Å². The summed E-state index contributed by atoms with van der Waals surface area (Å²) in [7, 11) is 0. The SMILES string of the molecule is CC1CCCc2sc(NC(=O)C(F)(F)F)c(C(=O)Nc3cccc(C(F)(F)F)c3)c21. The van der Waals surface area contributed by atoms with Gasteiger partial charge < -0.3 is 10.6 Å². The molecular formula is C19H16F6N2O2S. The van der Waals surface area contributed by atoms with E-state index >= 15 is 0 Å². The average Bonchev–Trinajstić information content (AvgIpc) is 3.00. The van der Waals surface area contributed by atoms with Crippen LogP contribution in [0, 0.1) is 0 Å². The number of benzene rings is 1. The maximum absolute atomic E-state index is 12.9. The van der Waals surface area contributed by atoms with Crippen molar-refractivity contribution in [3.05, 3.63) is 45.8 Å². The molecule has 1 aromatic heterocycles. The van der Waals surface area contributed by atoms with E-state index in [9.17, 15) is 35.9 Å². The Kier molecular flexibility index (Phi) is 5.85. The molecule has 11 heteroatoms. The van der Waals surface area contributed by atoms with Gasteiger partial charge in [-0.25, -0.2) is 0 Å². The third kappa shape index (κ3) is 4.61. The molecule has 2 N–H and O–H groups in total. The molecule has 4 nitrogen and oxygen atoms in total. The van der Waals surface area contributed by atoms with Crippen molar-refractivity contribution in [2.24, 2.45) is 0 Å². The van der Waals surface area contributed by atoms with Crippen LogP contribution >= 0.6 is 11.3 Å². The Balaban J connectivity index is 1.98. The summed E-state index contributed by atoms with van der Waals surface area (Å²) in [5.74, 6) is -3.25. The number of anilines is 2. The molecule has 1 heterocycles. The van der Waals surface area contributed by atoms with E-state index in [4.69, 9.17) is 0 Å². The topological polar surface area (TPSA) is 58.2 Å².